The van der Waals surface area contributed by atoms with Crippen LogP contribution in [0, 0.1) is 5.92 Å². The highest BCUT2D eigenvalue weighted by Gasteiger charge is 2.59. The van der Waals surface area contributed by atoms with Crippen LogP contribution >= 0.6 is 0 Å². The van der Waals surface area contributed by atoms with Crippen LogP contribution in [0.1, 0.15) is 39.5 Å². The van der Waals surface area contributed by atoms with Gasteiger partial charge in [-0.2, -0.15) is 0 Å². The first-order valence-electron chi connectivity index (χ1n) is 5.97. The Morgan fingerprint density at radius 1 is 1.50 bits per heavy atom. The van der Waals surface area contributed by atoms with Gasteiger partial charge in [-0.3, -0.25) is 4.79 Å². The van der Waals surface area contributed by atoms with Crippen LogP contribution in [0.4, 0.5) is 0 Å². The number of hydrogen-bond acceptors (Lipinski definition) is 4. The fourth-order valence-electron chi connectivity index (χ4n) is 3.05. The number of fused-ring (bicyclic) bond motifs is 2. The first-order chi connectivity index (χ1) is 7.55. The lowest BCUT2D eigenvalue weighted by Gasteiger charge is -2.38. The van der Waals surface area contributed by atoms with E-state index in [9.17, 15) is 4.79 Å². The van der Waals surface area contributed by atoms with E-state index in [1.807, 2.05) is 13.8 Å². The molecule has 2 rings (SSSR count). The molecule has 0 aromatic carbocycles. The van der Waals surface area contributed by atoms with Gasteiger partial charge in [0.15, 0.2) is 5.79 Å². The van der Waals surface area contributed by atoms with E-state index in [1.54, 1.807) is 0 Å². The zero-order valence-electron chi connectivity index (χ0n) is 10.2. The van der Waals surface area contributed by atoms with Gasteiger partial charge in [-0.1, -0.05) is 0 Å². The van der Waals surface area contributed by atoms with E-state index in [1.165, 1.54) is 7.11 Å². The molecular formula is C12H20O4. The molecule has 0 N–H and O–H groups in total. The van der Waals surface area contributed by atoms with Gasteiger partial charge in [0.2, 0.25) is 0 Å². The third-order valence-electron chi connectivity index (χ3n) is 3.80. The smallest absolute Gasteiger partial charge is 0.311 e. The quantitative estimate of drug-likeness (QED) is 0.692. The molecule has 3 atom stereocenters. The van der Waals surface area contributed by atoms with Crippen molar-refractivity contribution in [2.45, 2.75) is 50.9 Å². The second-order valence-electron chi connectivity index (χ2n) is 4.89. The Kier molecular flexibility index (Phi) is 2.97. The van der Waals surface area contributed by atoms with Crippen LogP contribution in [0.15, 0.2) is 0 Å². The SMILES string of the molecule is CCO[C@]12CCC[C@](C)(O1)[C@H](C(=O)OC)C2. The Labute approximate surface area is 96.2 Å². The highest BCUT2D eigenvalue weighted by atomic mass is 16.7. The van der Waals surface area contributed by atoms with Crippen molar-refractivity contribution < 1.29 is 19.0 Å². The van der Waals surface area contributed by atoms with E-state index in [-0.39, 0.29) is 11.9 Å². The Morgan fingerprint density at radius 3 is 2.88 bits per heavy atom. The predicted molar refractivity (Wildman–Crippen MR) is 57.8 cm³/mol. The van der Waals surface area contributed by atoms with Gasteiger partial charge in [-0.15, -0.1) is 0 Å². The van der Waals surface area contributed by atoms with E-state index in [0.29, 0.717) is 13.0 Å². The number of esters is 1. The van der Waals surface area contributed by atoms with Crippen molar-refractivity contribution in [1.29, 1.82) is 0 Å². The molecule has 2 fully saturated rings. The molecule has 0 aromatic heterocycles. The maximum atomic E-state index is 11.8. The Balaban J connectivity index is 2.21. The fourth-order valence-corrected chi connectivity index (χ4v) is 3.05. The summed E-state index contributed by atoms with van der Waals surface area (Å²) in [5, 5.41) is 0. The minimum atomic E-state index is -0.541. The minimum Gasteiger partial charge on any atom is -0.469 e. The summed E-state index contributed by atoms with van der Waals surface area (Å²) in [5.41, 5.74) is -0.402. The number of carbonyl (C=O) groups is 1. The topological polar surface area (TPSA) is 44.8 Å². The molecular weight excluding hydrogens is 208 g/mol. The molecule has 0 saturated carbocycles. The number of hydrogen-bond donors (Lipinski definition) is 0. The number of carbonyl (C=O) groups excluding carboxylic acids is 1. The van der Waals surface area contributed by atoms with Crippen LogP contribution < -0.4 is 0 Å². The maximum Gasteiger partial charge on any atom is 0.311 e. The van der Waals surface area contributed by atoms with Crippen LogP contribution in [0.25, 0.3) is 0 Å². The standard InChI is InChI=1S/C12H20O4/c1-4-15-12-7-5-6-11(2,16-12)9(8-12)10(13)14-3/h9H,4-8H2,1-3H3/t9-,11-,12+/m0/s1. The Morgan fingerprint density at radius 2 is 2.25 bits per heavy atom. The summed E-state index contributed by atoms with van der Waals surface area (Å²) in [5.74, 6) is -0.904. The third kappa shape index (κ3) is 1.74. The minimum absolute atomic E-state index is 0.175. The molecule has 4 heteroatoms. The maximum absolute atomic E-state index is 11.8. The zero-order chi connectivity index (χ0) is 11.8. The molecule has 92 valence electrons. The fraction of sp³-hybridized carbons (Fsp3) is 0.917. The van der Waals surface area contributed by atoms with Gasteiger partial charge >= 0.3 is 5.97 Å². The van der Waals surface area contributed by atoms with E-state index >= 15 is 0 Å². The number of rotatable bonds is 3. The van der Waals surface area contributed by atoms with Crippen LogP contribution in [-0.4, -0.2) is 31.1 Å². The third-order valence-corrected chi connectivity index (χ3v) is 3.80. The molecule has 0 unspecified atom stereocenters. The van der Waals surface area contributed by atoms with Crippen molar-refractivity contribution in [3.63, 3.8) is 0 Å². The lowest BCUT2D eigenvalue weighted by atomic mass is 9.86. The monoisotopic (exact) mass is 228 g/mol. The molecule has 0 aromatic rings. The second-order valence-corrected chi connectivity index (χ2v) is 4.89. The predicted octanol–water partition coefficient (Wildman–Crippen LogP) is 1.87. The molecule has 0 radical (unpaired) electrons. The van der Waals surface area contributed by atoms with E-state index < -0.39 is 11.4 Å². The molecule has 2 aliphatic rings. The summed E-state index contributed by atoms with van der Waals surface area (Å²) in [6, 6.07) is 0. The molecule has 2 saturated heterocycles. The summed E-state index contributed by atoms with van der Waals surface area (Å²) in [6.45, 7) is 4.56. The van der Waals surface area contributed by atoms with Crippen molar-refractivity contribution in [1.82, 2.24) is 0 Å². The first kappa shape index (κ1) is 11.9. The summed E-state index contributed by atoms with van der Waals surface area (Å²) < 4.78 is 16.6. The van der Waals surface area contributed by atoms with Gasteiger partial charge in [0.25, 0.3) is 0 Å². The second kappa shape index (κ2) is 4.00. The molecule has 0 spiro atoms. The number of ether oxygens (including phenoxy) is 3. The lowest BCUT2D eigenvalue weighted by Crippen LogP contribution is -2.42. The summed E-state index contributed by atoms with van der Waals surface area (Å²) >= 11 is 0. The average molecular weight is 228 g/mol. The van der Waals surface area contributed by atoms with Gasteiger partial charge in [0, 0.05) is 19.4 Å². The normalized spacial score (nSPS) is 42.1. The van der Waals surface area contributed by atoms with E-state index in [0.717, 1.165) is 19.3 Å². The highest BCUT2D eigenvalue weighted by molar-refractivity contribution is 5.74. The summed E-state index contributed by atoms with van der Waals surface area (Å²) in [7, 11) is 1.43. The van der Waals surface area contributed by atoms with Crippen molar-refractivity contribution >= 4 is 5.97 Å². The molecule has 2 bridgehead atoms. The first-order valence-corrected chi connectivity index (χ1v) is 5.97. The van der Waals surface area contributed by atoms with Crippen LogP contribution in [0.5, 0.6) is 0 Å². The molecule has 0 aliphatic carbocycles. The molecule has 0 amide bonds. The van der Waals surface area contributed by atoms with Crippen molar-refractivity contribution in [2.75, 3.05) is 13.7 Å². The van der Waals surface area contributed by atoms with Gasteiger partial charge in [0.1, 0.15) is 0 Å². The molecule has 16 heavy (non-hydrogen) atoms. The lowest BCUT2D eigenvalue weighted by molar-refractivity contribution is -0.269. The zero-order valence-corrected chi connectivity index (χ0v) is 10.2. The van der Waals surface area contributed by atoms with Crippen molar-refractivity contribution in [2.24, 2.45) is 5.92 Å². The summed E-state index contributed by atoms with van der Waals surface area (Å²) in [4.78, 5) is 11.8. The molecule has 4 nitrogen and oxygen atoms in total. The van der Waals surface area contributed by atoms with Crippen molar-refractivity contribution in [3.8, 4) is 0 Å². The van der Waals surface area contributed by atoms with Gasteiger partial charge in [-0.05, 0) is 26.7 Å². The van der Waals surface area contributed by atoms with Crippen LogP contribution in [0.2, 0.25) is 0 Å². The average Bonchev–Trinajstić information content (AvgIpc) is 2.45. The van der Waals surface area contributed by atoms with Crippen LogP contribution in [-0.2, 0) is 19.0 Å². The van der Waals surface area contributed by atoms with Crippen molar-refractivity contribution in [3.05, 3.63) is 0 Å². The number of methoxy groups -OCH3 is 1. The Bertz CT molecular complexity index is 287. The van der Waals surface area contributed by atoms with E-state index in [2.05, 4.69) is 0 Å². The summed E-state index contributed by atoms with van der Waals surface area (Å²) in [6.07, 6.45) is 3.46. The van der Waals surface area contributed by atoms with Crippen LogP contribution in [0.3, 0.4) is 0 Å². The van der Waals surface area contributed by atoms with Gasteiger partial charge in [-0.25, -0.2) is 0 Å². The molecule has 2 heterocycles. The van der Waals surface area contributed by atoms with Gasteiger partial charge in [0.05, 0.1) is 18.6 Å². The molecule has 2 aliphatic heterocycles. The Hall–Kier alpha value is -0.610. The highest BCUT2D eigenvalue weighted by Crippen LogP contribution is 2.52. The largest absolute Gasteiger partial charge is 0.469 e. The van der Waals surface area contributed by atoms with Gasteiger partial charge < -0.3 is 14.2 Å². The van der Waals surface area contributed by atoms with E-state index in [4.69, 9.17) is 14.2 Å².